The van der Waals surface area contributed by atoms with E-state index >= 15 is 0 Å². The lowest BCUT2D eigenvalue weighted by atomic mass is 9.72. The molecule has 2 unspecified atom stereocenters. The molecule has 0 aromatic heterocycles. The minimum Gasteiger partial charge on any atom is -0.497 e. The number of carbonyl (C=O) groups is 2. The molecular formula is C24H27N3O4. The second-order valence-corrected chi connectivity index (χ2v) is 8.38. The van der Waals surface area contributed by atoms with Gasteiger partial charge in [-0.1, -0.05) is 30.3 Å². The Morgan fingerprint density at radius 2 is 1.97 bits per heavy atom. The van der Waals surface area contributed by atoms with Gasteiger partial charge >= 0.3 is 0 Å². The highest BCUT2D eigenvalue weighted by atomic mass is 16.5. The number of nitrogens with one attached hydrogen (secondary N) is 1. The molecule has 2 saturated heterocycles. The number of ether oxygens (including phenoxy) is 2. The maximum atomic E-state index is 13.5. The van der Waals surface area contributed by atoms with Crippen LogP contribution in [0.2, 0.25) is 0 Å². The molecule has 31 heavy (non-hydrogen) atoms. The number of morpholine rings is 1. The van der Waals surface area contributed by atoms with Crippen molar-refractivity contribution in [2.75, 3.05) is 51.8 Å². The number of carbonyl (C=O) groups excluding carboxylic acids is 2. The summed E-state index contributed by atoms with van der Waals surface area (Å²) in [5, 5.41) is 3.06. The van der Waals surface area contributed by atoms with E-state index in [-0.39, 0.29) is 17.9 Å². The summed E-state index contributed by atoms with van der Waals surface area (Å²) in [6.45, 7) is 3.66. The minimum absolute atomic E-state index is 0.0387. The van der Waals surface area contributed by atoms with Crippen LogP contribution >= 0.6 is 0 Å². The summed E-state index contributed by atoms with van der Waals surface area (Å²) in [7, 11) is 1.63. The van der Waals surface area contributed by atoms with E-state index in [1.807, 2.05) is 53.4 Å². The molecule has 2 fully saturated rings. The smallest absolute Gasteiger partial charge is 0.237 e. The molecule has 2 amide bonds. The third kappa shape index (κ3) is 3.28. The summed E-state index contributed by atoms with van der Waals surface area (Å²) in [4.78, 5) is 31.0. The van der Waals surface area contributed by atoms with Crippen molar-refractivity contribution < 1.29 is 19.1 Å². The Morgan fingerprint density at radius 3 is 2.77 bits per heavy atom. The summed E-state index contributed by atoms with van der Waals surface area (Å²) < 4.78 is 10.9. The lowest BCUT2D eigenvalue weighted by Crippen LogP contribution is -2.47. The zero-order valence-corrected chi connectivity index (χ0v) is 17.7. The molecule has 1 spiro atoms. The molecule has 3 heterocycles. The predicted molar refractivity (Wildman–Crippen MR) is 116 cm³/mol. The molecule has 0 saturated carbocycles. The van der Waals surface area contributed by atoms with Gasteiger partial charge in [-0.2, -0.15) is 0 Å². The first-order valence-electron chi connectivity index (χ1n) is 10.8. The molecule has 2 atom stereocenters. The maximum absolute atomic E-state index is 13.5. The highest BCUT2D eigenvalue weighted by molar-refractivity contribution is 6.07. The van der Waals surface area contributed by atoms with Crippen LogP contribution in [0, 0.1) is 0 Å². The molecular weight excluding hydrogens is 394 g/mol. The fraction of sp³-hybridized carbons (Fsp3) is 0.417. The first-order chi connectivity index (χ1) is 15.1. The van der Waals surface area contributed by atoms with E-state index in [4.69, 9.17) is 9.47 Å². The molecule has 3 aliphatic rings. The highest BCUT2D eigenvalue weighted by Gasteiger charge is 2.59. The van der Waals surface area contributed by atoms with Crippen LogP contribution < -0.4 is 10.1 Å². The second-order valence-electron chi connectivity index (χ2n) is 8.38. The van der Waals surface area contributed by atoms with E-state index in [1.165, 1.54) is 0 Å². The topological polar surface area (TPSA) is 71.1 Å². The molecule has 0 aliphatic carbocycles. The van der Waals surface area contributed by atoms with Crippen LogP contribution in [0.25, 0.3) is 0 Å². The summed E-state index contributed by atoms with van der Waals surface area (Å²) in [5.41, 5.74) is 1.92. The molecule has 3 aliphatic heterocycles. The SMILES string of the molecule is COc1cccc(C2N(C(=O)CN3CCOCC3)CCC23C(=O)Nc2ccccc23)c1. The number of fused-ring (bicyclic) bond motifs is 2. The van der Waals surface area contributed by atoms with Crippen molar-refractivity contribution in [3.05, 3.63) is 59.7 Å². The number of hydrogen-bond acceptors (Lipinski definition) is 5. The number of rotatable bonds is 4. The van der Waals surface area contributed by atoms with Gasteiger partial charge in [0.15, 0.2) is 0 Å². The summed E-state index contributed by atoms with van der Waals surface area (Å²) in [6, 6.07) is 15.2. The second kappa shape index (κ2) is 7.98. The van der Waals surface area contributed by atoms with Crippen molar-refractivity contribution in [2.24, 2.45) is 0 Å². The number of anilines is 1. The van der Waals surface area contributed by atoms with Gasteiger partial charge in [-0.25, -0.2) is 0 Å². The van der Waals surface area contributed by atoms with Crippen molar-refractivity contribution in [3.8, 4) is 5.75 Å². The summed E-state index contributed by atoms with van der Waals surface area (Å²) >= 11 is 0. The zero-order valence-electron chi connectivity index (χ0n) is 17.7. The fourth-order valence-corrected chi connectivity index (χ4v) is 5.27. The minimum atomic E-state index is -0.802. The van der Waals surface area contributed by atoms with E-state index in [9.17, 15) is 9.59 Å². The van der Waals surface area contributed by atoms with Crippen molar-refractivity contribution in [1.82, 2.24) is 9.80 Å². The van der Waals surface area contributed by atoms with Gasteiger partial charge in [-0.3, -0.25) is 14.5 Å². The molecule has 0 radical (unpaired) electrons. The molecule has 2 aromatic rings. The molecule has 5 rings (SSSR count). The van der Waals surface area contributed by atoms with Crippen LogP contribution in [-0.4, -0.2) is 68.1 Å². The van der Waals surface area contributed by atoms with Crippen LogP contribution in [0.5, 0.6) is 5.75 Å². The highest BCUT2D eigenvalue weighted by Crippen LogP contribution is 2.54. The number of nitrogens with zero attached hydrogens (tertiary/aromatic N) is 2. The van der Waals surface area contributed by atoms with Crippen molar-refractivity contribution in [1.29, 1.82) is 0 Å². The van der Waals surface area contributed by atoms with Gasteiger partial charge < -0.3 is 19.7 Å². The Balaban J connectivity index is 1.56. The van der Waals surface area contributed by atoms with Gasteiger partial charge in [-0.05, 0) is 35.7 Å². The quantitative estimate of drug-likeness (QED) is 0.820. The molecule has 1 N–H and O–H groups in total. The maximum Gasteiger partial charge on any atom is 0.237 e. The van der Waals surface area contributed by atoms with Crippen LogP contribution in [0.1, 0.15) is 23.6 Å². The van der Waals surface area contributed by atoms with Crippen molar-refractivity contribution in [2.45, 2.75) is 17.9 Å². The van der Waals surface area contributed by atoms with Crippen LogP contribution in [0.4, 0.5) is 5.69 Å². The van der Waals surface area contributed by atoms with Gasteiger partial charge in [-0.15, -0.1) is 0 Å². The Bertz CT molecular complexity index is 1000. The third-order valence-corrected chi connectivity index (χ3v) is 6.78. The summed E-state index contributed by atoms with van der Waals surface area (Å²) in [5.74, 6) is 0.721. The Hall–Kier alpha value is -2.90. The van der Waals surface area contributed by atoms with E-state index < -0.39 is 5.41 Å². The van der Waals surface area contributed by atoms with Gasteiger partial charge in [0.2, 0.25) is 11.8 Å². The first-order valence-corrected chi connectivity index (χ1v) is 10.8. The predicted octanol–water partition coefficient (Wildman–Crippen LogP) is 2.19. The summed E-state index contributed by atoms with van der Waals surface area (Å²) in [6.07, 6.45) is 0.590. The first kappa shape index (κ1) is 20.0. The van der Waals surface area contributed by atoms with E-state index in [0.29, 0.717) is 38.5 Å². The lowest BCUT2D eigenvalue weighted by Gasteiger charge is -2.36. The van der Waals surface area contributed by atoms with Crippen LogP contribution in [0.3, 0.4) is 0 Å². The zero-order chi connectivity index (χ0) is 21.4. The van der Waals surface area contributed by atoms with Crippen molar-refractivity contribution >= 4 is 17.5 Å². The average molecular weight is 421 g/mol. The molecule has 7 heteroatoms. The lowest BCUT2D eigenvalue weighted by molar-refractivity contribution is -0.135. The van der Waals surface area contributed by atoms with Crippen LogP contribution in [-0.2, 0) is 19.7 Å². The van der Waals surface area contributed by atoms with Crippen molar-refractivity contribution in [3.63, 3.8) is 0 Å². The van der Waals surface area contributed by atoms with E-state index in [0.717, 1.165) is 29.9 Å². The number of likely N-dealkylation sites (tertiary alicyclic amines) is 1. The normalized spacial score (nSPS) is 25.5. The Kier molecular flexibility index (Phi) is 5.16. The third-order valence-electron chi connectivity index (χ3n) is 6.78. The molecule has 0 bridgehead atoms. The van der Waals surface area contributed by atoms with Gasteiger partial charge in [0, 0.05) is 25.3 Å². The number of amides is 2. The molecule has 7 nitrogen and oxygen atoms in total. The van der Waals surface area contributed by atoms with E-state index in [2.05, 4.69) is 10.2 Å². The number of para-hydroxylation sites is 1. The van der Waals surface area contributed by atoms with Gasteiger partial charge in [0.1, 0.15) is 11.2 Å². The number of hydrogen-bond donors (Lipinski definition) is 1. The molecule has 2 aromatic carbocycles. The van der Waals surface area contributed by atoms with E-state index in [1.54, 1.807) is 7.11 Å². The standard InChI is InChI=1S/C24H27N3O4/c1-30-18-6-4-5-17(15-18)22-24(19-7-2-3-8-20(19)25-23(24)29)9-10-27(22)21(28)16-26-11-13-31-14-12-26/h2-8,15,22H,9-14,16H2,1H3,(H,25,29). The Labute approximate surface area is 181 Å². The van der Waals surface area contributed by atoms with Crippen LogP contribution in [0.15, 0.2) is 48.5 Å². The Morgan fingerprint density at radius 1 is 1.16 bits per heavy atom. The average Bonchev–Trinajstić information content (AvgIpc) is 3.34. The number of benzene rings is 2. The van der Waals surface area contributed by atoms with Gasteiger partial charge in [0.05, 0.1) is 32.9 Å². The fourth-order valence-electron chi connectivity index (χ4n) is 5.27. The number of methoxy groups -OCH3 is 1. The largest absolute Gasteiger partial charge is 0.497 e. The monoisotopic (exact) mass is 421 g/mol. The van der Waals surface area contributed by atoms with Gasteiger partial charge in [0.25, 0.3) is 0 Å². The molecule has 162 valence electrons.